The summed E-state index contributed by atoms with van der Waals surface area (Å²) in [6, 6.07) is 11.8. The Hall–Kier alpha value is -2.85. The topological polar surface area (TPSA) is 76.6 Å². The van der Waals surface area contributed by atoms with Crippen LogP contribution in [0.25, 0.3) is 0 Å². The van der Waals surface area contributed by atoms with E-state index in [0.29, 0.717) is 21.7 Å². The average molecular weight is 475 g/mol. The van der Waals surface area contributed by atoms with Crippen molar-refractivity contribution < 1.29 is 18.7 Å². The molecule has 32 heavy (non-hydrogen) atoms. The third-order valence-electron chi connectivity index (χ3n) is 5.17. The lowest BCUT2D eigenvalue weighted by Gasteiger charge is -2.26. The second-order valence-corrected chi connectivity index (χ2v) is 9.35. The number of hydrogen-bond acceptors (Lipinski definition) is 8. The molecule has 2 heterocycles. The number of hydrogen-bond donors (Lipinski definition) is 1. The highest BCUT2D eigenvalue weighted by Gasteiger charge is 2.32. The van der Waals surface area contributed by atoms with E-state index in [0.717, 1.165) is 29.9 Å². The Labute approximate surface area is 193 Å². The van der Waals surface area contributed by atoms with Crippen molar-refractivity contribution in [1.29, 1.82) is 0 Å². The van der Waals surface area contributed by atoms with Crippen LogP contribution < -0.4 is 14.8 Å². The average Bonchev–Trinajstić information content (AvgIpc) is 3.47. The fourth-order valence-corrected chi connectivity index (χ4v) is 5.36. The number of nitrogens with zero attached hydrogens (tertiary/aromatic N) is 3. The highest BCUT2D eigenvalue weighted by atomic mass is 32.2. The third-order valence-corrected chi connectivity index (χ3v) is 7.13. The number of methoxy groups -OCH3 is 2. The van der Waals surface area contributed by atoms with E-state index >= 15 is 0 Å². The number of ether oxygens (including phenoxy) is 2. The number of thioether (sulfide) groups is 1. The Morgan fingerprint density at radius 3 is 2.91 bits per heavy atom. The number of amides is 1. The first-order valence-electron chi connectivity index (χ1n) is 10.1. The van der Waals surface area contributed by atoms with Gasteiger partial charge in [-0.2, -0.15) is 0 Å². The zero-order valence-corrected chi connectivity index (χ0v) is 19.3. The summed E-state index contributed by atoms with van der Waals surface area (Å²) < 4.78 is 24.9. The van der Waals surface area contributed by atoms with E-state index in [1.54, 1.807) is 26.4 Å². The van der Waals surface area contributed by atoms with Crippen molar-refractivity contribution in [2.75, 3.05) is 31.8 Å². The summed E-state index contributed by atoms with van der Waals surface area (Å²) in [7, 11) is 3.26. The molecule has 1 atom stereocenters. The zero-order valence-electron chi connectivity index (χ0n) is 17.7. The maximum absolute atomic E-state index is 13.3. The number of benzene rings is 2. The minimum atomic E-state index is -0.326. The standard InChI is InChI=1S/C22H23FN4O3S2/c1-29-16-8-9-19(30-2)17(12-16)18-7-4-10-27(18)20(28)13-31-22-26-25-21(32-22)24-15-6-3-5-14(23)11-15/h3,5-6,8-9,11-12,18H,4,7,10,13H2,1-2H3,(H,24,25). The molecule has 168 valence electrons. The molecule has 1 unspecified atom stereocenters. The maximum Gasteiger partial charge on any atom is 0.233 e. The molecule has 1 aliphatic heterocycles. The molecule has 0 aliphatic carbocycles. The van der Waals surface area contributed by atoms with E-state index in [2.05, 4.69) is 15.5 Å². The number of rotatable bonds is 8. The van der Waals surface area contributed by atoms with Crippen LogP contribution in [0.3, 0.4) is 0 Å². The molecule has 4 rings (SSSR count). The maximum atomic E-state index is 13.3. The molecule has 1 aromatic heterocycles. The van der Waals surface area contributed by atoms with Gasteiger partial charge < -0.3 is 19.7 Å². The molecule has 1 N–H and O–H groups in total. The Morgan fingerprint density at radius 2 is 2.12 bits per heavy atom. The van der Waals surface area contributed by atoms with Crippen molar-refractivity contribution in [2.45, 2.75) is 23.2 Å². The number of likely N-dealkylation sites (tertiary alicyclic amines) is 1. The third kappa shape index (κ3) is 5.13. The van der Waals surface area contributed by atoms with Crippen LogP contribution in [0, 0.1) is 5.82 Å². The second-order valence-electron chi connectivity index (χ2n) is 7.15. The fourth-order valence-electron chi connectivity index (χ4n) is 3.70. The molecule has 7 nitrogen and oxygen atoms in total. The van der Waals surface area contributed by atoms with E-state index < -0.39 is 0 Å². The van der Waals surface area contributed by atoms with Crippen LogP contribution in [0.2, 0.25) is 0 Å². The summed E-state index contributed by atoms with van der Waals surface area (Å²) in [6.07, 6.45) is 1.81. The summed E-state index contributed by atoms with van der Waals surface area (Å²) in [5.41, 5.74) is 1.56. The highest BCUT2D eigenvalue weighted by molar-refractivity contribution is 8.01. The van der Waals surface area contributed by atoms with E-state index in [9.17, 15) is 9.18 Å². The normalized spacial score (nSPS) is 15.6. The van der Waals surface area contributed by atoms with Crippen molar-refractivity contribution in [2.24, 2.45) is 0 Å². The number of aromatic nitrogens is 2. The van der Waals surface area contributed by atoms with E-state index in [1.807, 2.05) is 23.1 Å². The summed E-state index contributed by atoms with van der Waals surface area (Å²) in [5.74, 6) is 1.46. The molecule has 1 aliphatic rings. The summed E-state index contributed by atoms with van der Waals surface area (Å²) in [4.78, 5) is 14.9. The molecule has 3 aromatic rings. The van der Waals surface area contributed by atoms with E-state index in [-0.39, 0.29) is 23.5 Å². The van der Waals surface area contributed by atoms with Crippen molar-refractivity contribution >= 4 is 39.8 Å². The Balaban J connectivity index is 1.39. The zero-order chi connectivity index (χ0) is 22.5. The van der Waals surface area contributed by atoms with Crippen LogP contribution in [0.1, 0.15) is 24.4 Å². The molecule has 0 spiro atoms. The molecular formula is C22H23FN4O3S2. The van der Waals surface area contributed by atoms with Crippen LogP contribution in [0.5, 0.6) is 11.5 Å². The molecule has 1 fully saturated rings. The van der Waals surface area contributed by atoms with Crippen LogP contribution in [0.4, 0.5) is 15.2 Å². The smallest absolute Gasteiger partial charge is 0.233 e. The van der Waals surface area contributed by atoms with Gasteiger partial charge in [-0.05, 0) is 49.2 Å². The lowest BCUT2D eigenvalue weighted by Crippen LogP contribution is -2.32. The minimum Gasteiger partial charge on any atom is -0.497 e. The van der Waals surface area contributed by atoms with Gasteiger partial charge in [0.2, 0.25) is 11.0 Å². The lowest BCUT2D eigenvalue weighted by atomic mass is 10.0. The van der Waals surface area contributed by atoms with Crippen LogP contribution >= 0.6 is 23.1 Å². The number of anilines is 2. The molecule has 0 bridgehead atoms. The number of nitrogens with one attached hydrogen (secondary N) is 1. The predicted octanol–water partition coefficient (Wildman–Crippen LogP) is 4.89. The van der Waals surface area contributed by atoms with Gasteiger partial charge in [-0.15, -0.1) is 10.2 Å². The predicted molar refractivity (Wildman–Crippen MR) is 124 cm³/mol. The molecule has 1 amide bonds. The first kappa shape index (κ1) is 22.3. The Kier molecular flexibility index (Phi) is 7.11. The summed E-state index contributed by atoms with van der Waals surface area (Å²) in [6.45, 7) is 0.701. The van der Waals surface area contributed by atoms with Gasteiger partial charge >= 0.3 is 0 Å². The van der Waals surface area contributed by atoms with Gasteiger partial charge in [0.25, 0.3) is 0 Å². The van der Waals surface area contributed by atoms with Crippen molar-refractivity contribution in [1.82, 2.24) is 15.1 Å². The number of halogens is 1. The molecular weight excluding hydrogens is 451 g/mol. The fraction of sp³-hybridized carbons (Fsp3) is 0.318. The van der Waals surface area contributed by atoms with Gasteiger partial charge in [0.1, 0.15) is 17.3 Å². The quantitative estimate of drug-likeness (QED) is 0.466. The van der Waals surface area contributed by atoms with Crippen LogP contribution in [-0.4, -0.2) is 47.5 Å². The SMILES string of the molecule is COc1ccc(OC)c(C2CCCN2C(=O)CSc2nnc(Nc3cccc(F)c3)s2)c1. The molecule has 0 radical (unpaired) electrons. The van der Waals surface area contributed by atoms with Crippen LogP contribution in [-0.2, 0) is 4.79 Å². The minimum absolute atomic E-state index is 0.0391. The van der Waals surface area contributed by atoms with Crippen molar-refractivity contribution in [3.8, 4) is 11.5 Å². The lowest BCUT2D eigenvalue weighted by molar-refractivity contribution is -0.129. The molecule has 1 saturated heterocycles. The Bertz CT molecular complexity index is 1090. The van der Waals surface area contributed by atoms with Gasteiger partial charge in [0.05, 0.1) is 26.0 Å². The number of carbonyl (C=O) groups excluding carboxylic acids is 1. The molecule has 0 saturated carbocycles. The molecule has 10 heteroatoms. The van der Waals surface area contributed by atoms with Gasteiger partial charge in [-0.1, -0.05) is 29.2 Å². The van der Waals surface area contributed by atoms with Crippen molar-refractivity contribution in [3.63, 3.8) is 0 Å². The first-order valence-corrected chi connectivity index (χ1v) is 11.9. The van der Waals surface area contributed by atoms with Crippen molar-refractivity contribution in [3.05, 3.63) is 53.8 Å². The van der Waals surface area contributed by atoms with Gasteiger partial charge in [0, 0.05) is 17.8 Å². The van der Waals surface area contributed by atoms with Crippen LogP contribution in [0.15, 0.2) is 46.8 Å². The summed E-state index contributed by atoms with van der Waals surface area (Å²) in [5, 5.41) is 11.8. The summed E-state index contributed by atoms with van der Waals surface area (Å²) >= 11 is 2.67. The largest absolute Gasteiger partial charge is 0.497 e. The van der Waals surface area contributed by atoms with E-state index in [4.69, 9.17) is 9.47 Å². The monoisotopic (exact) mass is 474 g/mol. The van der Waals surface area contributed by atoms with Gasteiger partial charge in [-0.25, -0.2) is 4.39 Å². The first-order chi connectivity index (χ1) is 15.6. The highest BCUT2D eigenvalue weighted by Crippen LogP contribution is 2.39. The second kappa shape index (κ2) is 10.2. The van der Waals surface area contributed by atoms with Gasteiger partial charge in [0.15, 0.2) is 4.34 Å². The number of carbonyl (C=O) groups is 1. The van der Waals surface area contributed by atoms with Gasteiger partial charge in [-0.3, -0.25) is 4.79 Å². The molecule has 2 aromatic carbocycles. The van der Waals surface area contributed by atoms with E-state index in [1.165, 1.54) is 35.2 Å². The Morgan fingerprint density at radius 1 is 1.25 bits per heavy atom.